The van der Waals surface area contributed by atoms with Crippen molar-refractivity contribution in [2.75, 3.05) is 45.9 Å². The van der Waals surface area contributed by atoms with Gasteiger partial charge in [0.1, 0.15) is 5.75 Å². The SMILES string of the molecule is COc1cccc(CN(C)C(=O)CN(C)CC(=O)Nc2ccccc2SC)c1. The van der Waals surface area contributed by atoms with Gasteiger partial charge in [0.25, 0.3) is 0 Å². The van der Waals surface area contributed by atoms with Crippen LogP contribution in [0, 0.1) is 0 Å². The molecule has 0 heterocycles. The lowest BCUT2D eigenvalue weighted by Gasteiger charge is -2.22. The normalized spacial score (nSPS) is 10.6. The standard InChI is InChI=1S/C21H27N3O3S/c1-23(14-20(25)22-18-10-5-6-11-19(18)28-4)15-21(26)24(2)13-16-8-7-9-17(12-16)27-3/h5-12H,13-15H2,1-4H3,(H,22,25). The minimum atomic E-state index is -0.146. The van der Waals surface area contributed by atoms with E-state index in [1.807, 2.05) is 54.8 Å². The molecule has 0 fully saturated rings. The summed E-state index contributed by atoms with van der Waals surface area (Å²) in [6.07, 6.45) is 1.97. The Morgan fingerprint density at radius 3 is 2.54 bits per heavy atom. The van der Waals surface area contributed by atoms with E-state index in [4.69, 9.17) is 4.74 Å². The summed E-state index contributed by atoms with van der Waals surface area (Å²) in [6, 6.07) is 15.3. The van der Waals surface area contributed by atoms with Crippen molar-refractivity contribution in [1.29, 1.82) is 0 Å². The molecule has 2 amide bonds. The number of benzene rings is 2. The first kappa shape index (κ1) is 21.8. The van der Waals surface area contributed by atoms with Gasteiger partial charge in [0.05, 0.1) is 25.9 Å². The van der Waals surface area contributed by atoms with Crippen molar-refractivity contribution in [2.45, 2.75) is 11.4 Å². The van der Waals surface area contributed by atoms with E-state index in [2.05, 4.69) is 5.32 Å². The van der Waals surface area contributed by atoms with E-state index < -0.39 is 0 Å². The van der Waals surface area contributed by atoms with Crippen LogP contribution in [-0.2, 0) is 16.1 Å². The fourth-order valence-corrected chi connectivity index (χ4v) is 3.28. The third-order valence-electron chi connectivity index (χ3n) is 4.18. The molecule has 0 aromatic heterocycles. The summed E-state index contributed by atoms with van der Waals surface area (Å²) in [5.74, 6) is 0.563. The van der Waals surface area contributed by atoms with Crippen LogP contribution in [0.5, 0.6) is 5.75 Å². The van der Waals surface area contributed by atoms with E-state index in [-0.39, 0.29) is 24.9 Å². The fourth-order valence-electron chi connectivity index (χ4n) is 2.72. The molecular formula is C21H27N3O3S. The Morgan fingerprint density at radius 2 is 1.82 bits per heavy atom. The van der Waals surface area contributed by atoms with Gasteiger partial charge in [-0.05, 0) is 43.1 Å². The molecule has 150 valence electrons. The predicted molar refractivity (Wildman–Crippen MR) is 114 cm³/mol. The van der Waals surface area contributed by atoms with Crippen LogP contribution in [0.25, 0.3) is 0 Å². The zero-order valence-electron chi connectivity index (χ0n) is 16.8. The molecule has 0 radical (unpaired) electrons. The highest BCUT2D eigenvalue weighted by molar-refractivity contribution is 7.98. The van der Waals surface area contributed by atoms with Gasteiger partial charge < -0.3 is 15.0 Å². The van der Waals surface area contributed by atoms with Crippen molar-refractivity contribution in [3.63, 3.8) is 0 Å². The fraction of sp³-hybridized carbons (Fsp3) is 0.333. The highest BCUT2D eigenvalue weighted by Crippen LogP contribution is 2.24. The predicted octanol–water partition coefficient (Wildman–Crippen LogP) is 2.95. The molecule has 0 saturated carbocycles. The first-order valence-electron chi connectivity index (χ1n) is 8.91. The monoisotopic (exact) mass is 401 g/mol. The average Bonchev–Trinajstić information content (AvgIpc) is 2.68. The van der Waals surface area contributed by atoms with E-state index in [0.717, 1.165) is 21.9 Å². The highest BCUT2D eigenvalue weighted by Gasteiger charge is 2.15. The number of carbonyl (C=O) groups excluding carboxylic acids is 2. The number of nitrogens with one attached hydrogen (secondary N) is 1. The highest BCUT2D eigenvalue weighted by atomic mass is 32.2. The molecule has 0 aliphatic carbocycles. The zero-order valence-corrected chi connectivity index (χ0v) is 17.6. The molecule has 0 aliphatic rings. The number of hydrogen-bond donors (Lipinski definition) is 1. The maximum atomic E-state index is 12.5. The number of likely N-dealkylation sites (N-methyl/N-ethyl adjacent to an activating group) is 2. The minimum Gasteiger partial charge on any atom is -0.497 e. The Kier molecular flexibility index (Phi) is 8.35. The second-order valence-corrected chi connectivity index (χ2v) is 7.37. The van der Waals surface area contributed by atoms with Gasteiger partial charge in [-0.2, -0.15) is 0 Å². The molecule has 0 spiro atoms. The molecule has 2 rings (SSSR count). The Hall–Kier alpha value is -2.51. The molecule has 7 heteroatoms. The lowest BCUT2D eigenvalue weighted by Crippen LogP contribution is -2.39. The van der Waals surface area contributed by atoms with Gasteiger partial charge in [-0.15, -0.1) is 11.8 Å². The summed E-state index contributed by atoms with van der Waals surface area (Å²) in [5.41, 5.74) is 1.78. The number of methoxy groups -OCH3 is 1. The van der Waals surface area contributed by atoms with Gasteiger partial charge in [0, 0.05) is 18.5 Å². The summed E-state index contributed by atoms with van der Waals surface area (Å²) in [5, 5.41) is 2.91. The molecule has 0 aliphatic heterocycles. The number of carbonyl (C=O) groups is 2. The Morgan fingerprint density at radius 1 is 1.07 bits per heavy atom. The zero-order chi connectivity index (χ0) is 20.5. The van der Waals surface area contributed by atoms with Gasteiger partial charge in [-0.1, -0.05) is 24.3 Å². The maximum Gasteiger partial charge on any atom is 0.238 e. The second-order valence-electron chi connectivity index (χ2n) is 6.52. The lowest BCUT2D eigenvalue weighted by atomic mass is 10.2. The number of nitrogens with zero attached hydrogens (tertiary/aromatic N) is 2. The molecule has 6 nitrogen and oxygen atoms in total. The Balaban J connectivity index is 1.84. The van der Waals surface area contributed by atoms with Gasteiger partial charge in [-0.3, -0.25) is 14.5 Å². The topological polar surface area (TPSA) is 61.9 Å². The summed E-state index contributed by atoms with van der Waals surface area (Å²) >= 11 is 1.58. The summed E-state index contributed by atoms with van der Waals surface area (Å²) < 4.78 is 5.21. The molecule has 2 aromatic rings. The van der Waals surface area contributed by atoms with Crippen molar-refractivity contribution in [2.24, 2.45) is 0 Å². The molecule has 0 saturated heterocycles. The summed E-state index contributed by atoms with van der Waals surface area (Å²) in [7, 11) is 5.13. The number of thioether (sulfide) groups is 1. The van der Waals surface area contributed by atoms with Crippen LogP contribution < -0.4 is 10.1 Å². The number of para-hydroxylation sites is 1. The van der Waals surface area contributed by atoms with E-state index in [1.165, 1.54) is 0 Å². The summed E-state index contributed by atoms with van der Waals surface area (Å²) in [4.78, 5) is 29.1. The van der Waals surface area contributed by atoms with Gasteiger partial charge in [0.2, 0.25) is 11.8 Å². The molecule has 0 bridgehead atoms. The van der Waals surface area contributed by atoms with E-state index >= 15 is 0 Å². The van der Waals surface area contributed by atoms with Crippen LogP contribution in [0.15, 0.2) is 53.4 Å². The second kappa shape index (κ2) is 10.7. The first-order chi connectivity index (χ1) is 13.4. The van der Waals surface area contributed by atoms with Gasteiger partial charge in [0.15, 0.2) is 0 Å². The van der Waals surface area contributed by atoms with Crippen LogP contribution >= 0.6 is 11.8 Å². The minimum absolute atomic E-state index is 0.0531. The third-order valence-corrected chi connectivity index (χ3v) is 4.98. The Bertz CT molecular complexity index is 813. The molecule has 0 atom stereocenters. The first-order valence-corrected chi connectivity index (χ1v) is 10.1. The van der Waals surface area contributed by atoms with E-state index in [0.29, 0.717) is 6.54 Å². The molecule has 1 N–H and O–H groups in total. The van der Waals surface area contributed by atoms with Gasteiger partial charge >= 0.3 is 0 Å². The van der Waals surface area contributed by atoms with Crippen LogP contribution in [-0.4, -0.2) is 62.2 Å². The Labute approximate surface area is 170 Å². The largest absolute Gasteiger partial charge is 0.497 e. The molecule has 0 unspecified atom stereocenters. The van der Waals surface area contributed by atoms with Crippen LogP contribution in [0.2, 0.25) is 0 Å². The lowest BCUT2D eigenvalue weighted by molar-refractivity contribution is -0.131. The van der Waals surface area contributed by atoms with E-state index in [1.54, 1.807) is 42.8 Å². The van der Waals surface area contributed by atoms with Crippen LogP contribution in [0.3, 0.4) is 0 Å². The quantitative estimate of drug-likeness (QED) is 0.655. The number of ether oxygens (including phenoxy) is 1. The number of rotatable bonds is 9. The maximum absolute atomic E-state index is 12.5. The van der Waals surface area contributed by atoms with Crippen LogP contribution in [0.1, 0.15) is 5.56 Å². The van der Waals surface area contributed by atoms with Gasteiger partial charge in [-0.25, -0.2) is 0 Å². The smallest absolute Gasteiger partial charge is 0.238 e. The van der Waals surface area contributed by atoms with Crippen molar-refractivity contribution < 1.29 is 14.3 Å². The number of anilines is 1. The number of hydrogen-bond acceptors (Lipinski definition) is 5. The van der Waals surface area contributed by atoms with Crippen LogP contribution in [0.4, 0.5) is 5.69 Å². The van der Waals surface area contributed by atoms with Crippen molar-refractivity contribution in [3.05, 3.63) is 54.1 Å². The molecule has 28 heavy (non-hydrogen) atoms. The van der Waals surface area contributed by atoms with Crippen molar-refractivity contribution in [3.8, 4) is 5.75 Å². The van der Waals surface area contributed by atoms with Crippen molar-refractivity contribution >= 4 is 29.3 Å². The summed E-state index contributed by atoms with van der Waals surface area (Å²) in [6.45, 7) is 0.788. The number of amides is 2. The molecular weight excluding hydrogens is 374 g/mol. The molecule has 2 aromatic carbocycles. The van der Waals surface area contributed by atoms with Crippen molar-refractivity contribution in [1.82, 2.24) is 9.80 Å². The van der Waals surface area contributed by atoms with E-state index in [9.17, 15) is 9.59 Å². The average molecular weight is 402 g/mol. The third kappa shape index (κ3) is 6.58.